The zero-order valence-electron chi connectivity index (χ0n) is 15.1. The maximum atomic E-state index is 13.7. The molecule has 1 atom stereocenters. The van der Waals surface area contributed by atoms with Gasteiger partial charge >= 0.3 is 0 Å². The quantitative estimate of drug-likeness (QED) is 0.756. The fourth-order valence-electron chi connectivity index (χ4n) is 2.68. The number of ether oxygens (including phenoxy) is 1. The predicted molar refractivity (Wildman–Crippen MR) is 99.0 cm³/mol. The average molecular weight is 397 g/mol. The first-order chi connectivity index (χ1) is 13.0. The molecule has 2 heterocycles. The molecule has 1 N–H and O–H groups in total. The van der Waals surface area contributed by atoms with E-state index in [1.54, 1.807) is 6.92 Å². The third kappa shape index (κ3) is 4.56. The zero-order valence-corrected chi connectivity index (χ0v) is 15.9. The van der Waals surface area contributed by atoms with Crippen LogP contribution in [-0.2, 0) is 16.1 Å². The number of morpholine rings is 1. The second-order valence-electron chi connectivity index (χ2n) is 6.00. The monoisotopic (exact) mass is 397 g/mol. The van der Waals surface area contributed by atoms with Gasteiger partial charge in [-0.1, -0.05) is 11.8 Å². The zero-order chi connectivity index (χ0) is 19.4. The van der Waals surface area contributed by atoms with Crippen molar-refractivity contribution >= 4 is 29.3 Å². The van der Waals surface area contributed by atoms with Crippen molar-refractivity contribution in [3.05, 3.63) is 29.8 Å². The van der Waals surface area contributed by atoms with Crippen LogP contribution in [0.3, 0.4) is 0 Å². The van der Waals surface area contributed by atoms with E-state index in [1.165, 1.54) is 11.8 Å². The number of hydrogen-bond donors (Lipinski definition) is 1. The lowest BCUT2D eigenvalue weighted by Crippen LogP contribution is -2.38. The smallest absolute Gasteiger partial charge is 0.237 e. The van der Waals surface area contributed by atoms with Crippen molar-refractivity contribution in [1.29, 1.82) is 0 Å². The molecule has 0 unspecified atom stereocenters. The number of anilines is 2. The molecule has 1 fully saturated rings. The third-order valence-electron chi connectivity index (χ3n) is 4.15. The number of carbonyl (C=O) groups is 1. The van der Waals surface area contributed by atoms with Gasteiger partial charge in [0.05, 0.1) is 24.2 Å². The van der Waals surface area contributed by atoms with Crippen molar-refractivity contribution in [3.8, 4) is 0 Å². The number of rotatable bonds is 6. The molecule has 1 saturated heterocycles. The van der Waals surface area contributed by atoms with E-state index in [-0.39, 0.29) is 5.69 Å². The molecule has 0 bridgehead atoms. The van der Waals surface area contributed by atoms with Gasteiger partial charge in [0.1, 0.15) is 11.6 Å². The fourth-order valence-corrected chi connectivity index (χ4v) is 3.59. The van der Waals surface area contributed by atoms with Crippen LogP contribution >= 0.6 is 11.8 Å². The molecule has 1 aliphatic rings. The van der Waals surface area contributed by atoms with Gasteiger partial charge in [-0.05, 0) is 26.0 Å². The van der Waals surface area contributed by atoms with Crippen LogP contribution in [0.5, 0.6) is 0 Å². The van der Waals surface area contributed by atoms with Gasteiger partial charge in [0.25, 0.3) is 0 Å². The fraction of sp³-hybridized carbons (Fsp3) is 0.471. The van der Waals surface area contributed by atoms with Gasteiger partial charge in [-0.25, -0.2) is 8.78 Å². The van der Waals surface area contributed by atoms with Crippen LogP contribution < -0.4 is 10.2 Å². The Balaban J connectivity index is 1.69. The number of nitrogens with one attached hydrogen (secondary N) is 1. The minimum atomic E-state index is -0.687. The van der Waals surface area contributed by atoms with E-state index in [0.29, 0.717) is 24.9 Å². The molecule has 1 amide bonds. The number of benzene rings is 1. The Labute approximate surface area is 160 Å². The maximum absolute atomic E-state index is 13.7. The Bertz CT molecular complexity index is 811. The maximum Gasteiger partial charge on any atom is 0.237 e. The second kappa shape index (κ2) is 8.66. The Morgan fingerprint density at radius 1 is 1.33 bits per heavy atom. The normalized spacial score (nSPS) is 15.6. The summed E-state index contributed by atoms with van der Waals surface area (Å²) >= 11 is 1.22. The molecular formula is C17H21F2N5O2S. The van der Waals surface area contributed by atoms with Gasteiger partial charge in [-0.2, -0.15) is 0 Å². The summed E-state index contributed by atoms with van der Waals surface area (Å²) in [6, 6.07) is 2.93. The number of thioether (sulfide) groups is 1. The van der Waals surface area contributed by atoms with Gasteiger partial charge in [-0.15, -0.1) is 10.2 Å². The van der Waals surface area contributed by atoms with Gasteiger partial charge in [0.2, 0.25) is 11.9 Å². The largest absolute Gasteiger partial charge is 0.378 e. The number of nitrogens with zero attached hydrogens (tertiary/aromatic N) is 4. The molecule has 3 rings (SSSR count). The van der Waals surface area contributed by atoms with E-state index in [9.17, 15) is 13.6 Å². The molecule has 2 aromatic rings. The molecule has 27 heavy (non-hydrogen) atoms. The number of hydrogen-bond acceptors (Lipinski definition) is 6. The van der Waals surface area contributed by atoms with Crippen LogP contribution in [0.1, 0.15) is 13.8 Å². The second-order valence-corrected chi connectivity index (χ2v) is 7.31. The SMILES string of the molecule is CCn1c(S[C@H](C)C(=O)Nc2cc(F)ccc2F)nnc1N1CCOCC1. The van der Waals surface area contributed by atoms with Crippen LogP contribution in [0.25, 0.3) is 0 Å². The molecule has 0 radical (unpaired) electrons. The minimum Gasteiger partial charge on any atom is -0.378 e. The van der Waals surface area contributed by atoms with Crippen molar-refractivity contribution in [1.82, 2.24) is 14.8 Å². The molecule has 146 valence electrons. The molecule has 0 aliphatic carbocycles. The van der Waals surface area contributed by atoms with Crippen LogP contribution in [0.2, 0.25) is 0 Å². The Morgan fingerprint density at radius 3 is 2.78 bits per heavy atom. The standard InChI is InChI=1S/C17H21F2N5O2S/c1-3-24-16(23-6-8-26-9-7-23)21-22-17(24)27-11(2)15(25)20-14-10-12(18)4-5-13(14)19/h4-5,10-11H,3,6-9H2,1-2H3,(H,20,25)/t11-/m1/s1. The highest BCUT2D eigenvalue weighted by molar-refractivity contribution is 8.00. The Kier molecular flexibility index (Phi) is 6.27. The summed E-state index contributed by atoms with van der Waals surface area (Å²) < 4.78 is 34.3. The average Bonchev–Trinajstić information content (AvgIpc) is 3.07. The summed E-state index contributed by atoms with van der Waals surface area (Å²) in [7, 11) is 0. The molecule has 1 aromatic carbocycles. The molecular weight excluding hydrogens is 376 g/mol. The van der Waals surface area contributed by atoms with Gasteiger partial charge < -0.3 is 15.0 Å². The van der Waals surface area contributed by atoms with Crippen molar-refractivity contribution in [2.24, 2.45) is 0 Å². The van der Waals surface area contributed by atoms with Gasteiger partial charge in [-0.3, -0.25) is 9.36 Å². The summed E-state index contributed by atoms with van der Waals surface area (Å²) in [5.74, 6) is -1.00. The lowest BCUT2D eigenvalue weighted by molar-refractivity contribution is -0.115. The van der Waals surface area contributed by atoms with E-state index in [0.717, 1.165) is 37.2 Å². The number of aromatic nitrogens is 3. The number of amides is 1. The van der Waals surface area contributed by atoms with Crippen molar-refractivity contribution in [3.63, 3.8) is 0 Å². The lowest BCUT2D eigenvalue weighted by atomic mass is 10.3. The van der Waals surface area contributed by atoms with Gasteiger partial charge in [0.15, 0.2) is 5.16 Å². The van der Waals surface area contributed by atoms with Crippen LogP contribution in [0.15, 0.2) is 23.4 Å². The van der Waals surface area contributed by atoms with Crippen LogP contribution in [0, 0.1) is 11.6 Å². The number of carbonyl (C=O) groups excluding carboxylic acids is 1. The first kappa shape index (κ1) is 19.6. The first-order valence-corrected chi connectivity index (χ1v) is 9.56. The van der Waals surface area contributed by atoms with Crippen molar-refractivity contribution in [2.75, 3.05) is 36.5 Å². The van der Waals surface area contributed by atoms with Crippen molar-refractivity contribution in [2.45, 2.75) is 30.8 Å². The van der Waals surface area contributed by atoms with Crippen molar-refractivity contribution < 1.29 is 18.3 Å². The van der Waals surface area contributed by atoms with E-state index < -0.39 is 22.8 Å². The summed E-state index contributed by atoms with van der Waals surface area (Å²) in [4.78, 5) is 14.5. The van der Waals surface area contributed by atoms with E-state index in [1.807, 2.05) is 11.5 Å². The van der Waals surface area contributed by atoms with Crippen LogP contribution in [-0.4, -0.2) is 52.2 Å². The summed E-state index contributed by atoms with van der Waals surface area (Å²) in [5.41, 5.74) is -0.182. The van der Waals surface area contributed by atoms with E-state index in [2.05, 4.69) is 20.4 Å². The van der Waals surface area contributed by atoms with E-state index >= 15 is 0 Å². The number of halogens is 2. The third-order valence-corrected chi connectivity index (χ3v) is 5.23. The molecule has 0 spiro atoms. The molecule has 1 aromatic heterocycles. The predicted octanol–water partition coefficient (Wildman–Crippen LogP) is 2.53. The molecule has 7 nitrogen and oxygen atoms in total. The highest BCUT2D eigenvalue weighted by atomic mass is 32.2. The highest BCUT2D eigenvalue weighted by Crippen LogP contribution is 2.27. The minimum absolute atomic E-state index is 0.182. The molecule has 0 saturated carbocycles. The summed E-state index contributed by atoms with van der Waals surface area (Å²) in [6.45, 7) is 7.04. The van der Waals surface area contributed by atoms with E-state index in [4.69, 9.17) is 4.74 Å². The molecule has 10 heteroatoms. The lowest BCUT2D eigenvalue weighted by Gasteiger charge is -2.27. The van der Waals surface area contributed by atoms with Gasteiger partial charge in [0, 0.05) is 25.7 Å². The van der Waals surface area contributed by atoms with Crippen LogP contribution in [0.4, 0.5) is 20.4 Å². The molecule has 1 aliphatic heterocycles. The Hall–Kier alpha value is -2.20. The summed E-state index contributed by atoms with van der Waals surface area (Å²) in [6.07, 6.45) is 0. The first-order valence-electron chi connectivity index (χ1n) is 8.68. The highest BCUT2D eigenvalue weighted by Gasteiger charge is 2.23. The topological polar surface area (TPSA) is 72.3 Å². The summed E-state index contributed by atoms with van der Waals surface area (Å²) in [5, 5.41) is 10.9. The Morgan fingerprint density at radius 2 is 2.07 bits per heavy atom.